The van der Waals surface area contributed by atoms with E-state index < -0.39 is 0 Å². The zero-order chi connectivity index (χ0) is 17.6. The zero-order valence-corrected chi connectivity index (χ0v) is 15.4. The van der Waals surface area contributed by atoms with Crippen molar-refractivity contribution in [3.05, 3.63) is 47.6 Å². The molecule has 1 rings (SSSR count). The van der Waals surface area contributed by atoms with Crippen LogP contribution in [0.1, 0.15) is 75.8 Å². The topological polar surface area (TPSA) is 40.5 Å². The molecule has 0 aliphatic carbocycles. The van der Waals surface area contributed by atoms with Gasteiger partial charge in [0.05, 0.1) is 0 Å². The third kappa shape index (κ3) is 8.81. The largest absolute Gasteiger partial charge is 0.508 e. The molecule has 0 heterocycles. The van der Waals surface area contributed by atoms with Gasteiger partial charge in [-0.15, -0.1) is 0 Å². The monoisotopic (exact) mass is 330 g/mol. The lowest BCUT2D eigenvalue weighted by atomic mass is 10.0. The molecule has 0 spiro atoms. The highest BCUT2D eigenvalue weighted by Gasteiger charge is 2.04. The van der Waals surface area contributed by atoms with E-state index >= 15 is 0 Å². The molecule has 0 saturated heterocycles. The molecule has 0 aromatic heterocycles. The van der Waals surface area contributed by atoms with E-state index in [4.69, 9.17) is 0 Å². The SMILES string of the molecule is CCC/C=C/C/C=C\CCCCCCCc1cc(O)c(C)c(O)c1. The van der Waals surface area contributed by atoms with Crippen molar-refractivity contribution in [1.29, 1.82) is 0 Å². The summed E-state index contributed by atoms with van der Waals surface area (Å²) >= 11 is 0. The molecule has 24 heavy (non-hydrogen) atoms. The number of aromatic hydroxyl groups is 2. The quantitative estimate of drug-likeness (QED) is 0.335. The first-order valence-corrected chi connectivity index (χ1v) is 9.46. The number of phenolic OH excluding ortho intramolecular Hbond substituents is 2. The van der Waals surface area contributed by atoms with Crippen molar-refractivity contribution in [3.63, 3.8) is 0 Å². The number of benzene rings is 1. The van der Waals surface area contributed by atoms with Crippen molar-refractivity contribution in [3.8, 4) is 11.5 Å². The van der Waals surface area contributed by atoms with Gasteiger partial charge in [0, 0.05) is 5.56 Å². The Bertz CT molecular complexity index is 492. The van der Waals surface area contributed by atoms with Gasteiger partial charge < -0.3 is 10.2 Å². The number of hydrogen-bond acceptors (Lipinski definition) is 2. The van der Waals surface area contributed by atoms with Crippen LogP contribution in [0.15, 0.2) is 36.4 Å². The van der Waals surface area contributed by atoms with Crippen LogP contribution in [0.2, 0.25) is 0 Å². The van der Waals surface area contributed by atoms with E-state index in [1.165, 1.54) is 44.9 Å². The Hall–Kier alpha value is -1.70. The molecule has 1 aromatic carbocycles. The average molecular weight is 331 g/mol. The summed E-state index contributed by atoms with van der Waals surface area (Å²) in [5, 5.41) is 19.4. The van der Waals surface area contributed by atoms with Gasteiger partial charge in [0.15, 0.2) is 0 Å². The minimum absolute atomic E-state index is 0.196. The molecule has 134 valence electrons. The Balaban J connectivity index is 2.02. The summed E-state index contributed by atoms with van der Waals surface area (Å²) < 4.78 is 0. The van der Waals surface area contributed by atoms with Crippen LogP contribution in [0.3, 0.4) is 0 Å². The second kappa shape index (κ2) is 12.7. The summed E-state index contributed by atoms with van der Waals surface area (Å²) in [6, 6.07) is 3.55. The van der Waals surface area contributed by atoms with E-state index in [1.54, 1.807) is 19.1 Å². The van der Waals surface area contributed by atoms with Gasteiger partial charge >= 0.3 is 0 Å². The van der Waals surface area contributed by atoms with Crippen LogP contribution in [0.4, 0.5) is 0 Å². The van der Waals surface area contributed by atoms with Gasteiger partial charge in [-0.25, -0.2) is 0 Å². The lowest BCUT2D eigenvalue weighted by molar-refractivity contribution is 0.441. The Morgan fingerprint density at radius 3 is 2.04 bits per heavy atom. The second-order valence-corrected chi connectivity index (χ2v) is 6.53. The number of aryl methyl sites for hydroxylation is 1. The van der Waals surface area contributed by atoms with Crippen LogP contribution in [-0.2, 0) is 6.42 Å². The average Bonchev–Trinajstić information content (AvgIpc) is 2.56. The maximum Gasteiger partial charge on any atom is 0.122 e. The Morgan fingerprint density at radius 2 is 1.38 bits per heavy atom. The number of allylic oxidation sites excluding steroid dienone is 4. The fourth-order valence-electron chi connectivity index (χ4n) is 2.68. The molecule has 2 nitrogen and oxygen atoms in total. The molecule has 0 amide bonds. The van der Waals surface area contributed by atoms with Gasteiger partial charge in [-0.2, -0.15) is 0 Å². The van der Waals surface area contributed by atoms with Crippen molar-refractivity contribution in [2.75, 3.05) is 0 Å². The first kappa shape index (κ1) is 20.3. The van der Waals surface area contributed by atoms with Crippen LogP contribution in [0.25, 0.3) is 0 Å². The summed E-state index contributed by atoms with van der Waals surface area (Å²) in [4.78, 5) is 0. The maximum absolute atomic E-state index is 9.71. The fourth-order valence-corrected chi connectivity index (χ4v) is 2.68. The van der Waals surface area contributed by atoms with Crippen molar-refractivity contribution in [2.24, 2.45) is 0 Å². The molecule has 0 unspecified atom stereocenters. The van der Waals surface area contributed by atoms with Crippen molar-refractivity contribution >= 4 is 0 Å². The van der Waals surface area contributed by atoms with Gasteiger partial charge in [0.1, 0.15) is 11.5 Å². The smallest absolute Gasteiger partial charge is 0.122 e. The molecule has 0 atom stereocenters. The molecule has 0 bridgehead atoms. The van der Waals surface area contributed by atoms with Crippen LogP contribution in [0.5, 0.6) is 11.5 Å². The van der Waals surface area contributed by atoms with Crippen LogP contribution in [0, 0.1) is 6.92 Å². The van der Waals surface area contributed by atoms with E-state index in [0.29, 0.717) is 5.56 Å². The minimum Gasteiger partial charge on any atom is -0.508 e. The van der Waals surface area contributed by atoms with E-state index in [-0.39, 0.29) is 11.5 Å². The summed E-state index contributed by atoms with van der Waals surface area (Å²) in [7, 11) is 0. The number of unbranched alkanes of at least 4 members (excludes halogenated alkanes) is 6. The molecular formula is C22H34O2. The maximum atomic E-state index is 9.71. The number of rotatable bonds is 12. The Labute approximate surface area is 147 Å². The molecule has 2 N–H and O–H groups in total. The predicted molar refractivity (Wildman–Crippen MR) is 104 cm³/mol. The standard InChI is InChI=1S/C22H34O2/c1-3-4-5-6-7-8-9-10-11-12-13-14-15-16-20-17-21(23)19(2)22(24)18-20/h5-6,8-9,17-18,23-24H,3-4,7,10-16H2,1-2H3/b6-5+,9-8-. The van der Waals surface area contributed by atoms with Crippen LogP contribution < -0.4 is 0 Å². The van der Waals surface area contributed by atoms with Crippen LogP contribution in [-0.4, -0.2) is 10.2 Å². The van der Waals surface area contributed by atoms with Gasteiger partial charge in [-0.05, 0) is 63.1 Å². The molecule has 0 radical (unpaired) electrons. The van der Waals surface area contributed by atoms with Gasteiger partial charge in [0.2, 0.25) is 0 Å². The molecule has 0 aliphatic rings. The first-order chi connectivity index (χ1) is 11.6. The van der Waals surface area contributed by atoms with E-state index in [2.05, 4.69) is 31.2 Å². The lowest BCUT2D eigenvalue weighted by Gasteiger charge is -2.07. The zero-order valence-electron chi connectivity index (χ0n) is 15.4. The molecule has 1 aromatic rings. The van der Waals surface area contributed by atoms with Gasteiger partial charge in [0.25, 0.3) is 0 Å². The Kier molecular flexibility index (Phi) is 10.8. The van der Waals surface area contributed by atoms with E-state index in [1.807, 2.05) is 0 Å². The molecule has 0 fully saturated rings. The molecule has 0 saturated carbocycles. The van der Waals surface area contributed by atoms with Gasteiger partial charge in [-0.1, -0.05) is 56.9 Å². The summed E-state index contributed by atoms with van der Waals surface area (Å²) in [5.74, 6) is 0.391. The lowest BCUT2D eigenvalue weighted by Crippen LogP contribution is -1.88. The predicted octanol–water partition coefficient (Wildman–Crippen LogP) is 6.59. The fraction of sp³-hybridized carbons (Fsp3) is 0.545. The highest BCUT2D eigenvalue weighted by Crippen LogP contribution is 2.28. The summed E-state index contributed by atoms with van der Waals surface area (Å²) in [6.07, 6.45) is 20.8. The van der Waals surface area contributed by atoms with E-state index in [0.717, 1.165) is 24.8 Å². The molecular weight excluding hydrogens is 296 g/mol. The highest BCUT2D eigenvalue weighted by molar-refractivity contribution is 5.45. The minimum atomic E-state index is 0.196. The third-order valence-electron chi connectivity index (χ3n) is 4.31. The highest BCUT2D eigenvalue weighted by atomic mass is 16.3. The summed E-state index contributed by atoms with van der Waals surface area (Å²) in [5.41, 5.74) is 1.59. The molecule has 0 aliphatic heterocycles. The van der Waals surface area contributed by atoms with Crippen molar-refractivity contribution in [1.82, 2.24) is 0 Å². The Morgan fingerprint density at radius 1 is 0.792 bits per heavy atom. The van der Waals surface area contributed by atoms with Gasteiger partial charge in [-0.3, -0.25) is 0 Å². The summed E-state index contributed by atoms with van der Waals surface area (Å²) in [6.45, 7) is 3.93. The van der Waals surface area contributed by atoms with E-state index in [9.17, 15) is 10.2 Å². The van der Waals surface area contributed by atoms with Crippen molar-refractivity contribution < 1.29 is 10.2 Å². The second-order valence-electron chi connectivity index (χ2n) is 6.53. The van der Waals surface area contributed by atoms with Crippen molar-refractivity contribution in [2.45, 2.75) is 78.1 Å². The number of hydrogen-bond donors (Lipinski definition) is 2. The first-order valence-electron chi connectivity index (χ1n) is 9.46. The molecule has 2 heteroatoms. The van der Waals surface area contributed by atoms with Crippen LogP contribution >= 0.6 is 0 Å². The normalized spacial score (nSPS) is 11.8. The number of phenols is 2. The third-order valence-corrected chi connectivity index (χ3v) is 4.31.